The molecular formula is C14H15FN4OS. The zero-order chi connectivity index (χ0) is 14.8. The predicted molar refractivity (Wildman–Crippen MR) is 80.7 cm³/mol. The molecule has 1 aromatic carbocycles. The van der Waals surface area contributed by atoms with Gasteiger partial charge in [0, 0.05) is 12.6 Å². The Bertz CT molecular complexity index is 651. The van der Waals surface area contributed by atoms with Crippen LogP contribution in [0.15, 0.2) is 24.3 Å². The molecule has 1 aromatic heterocycles. The van der Waals surface area contributed by atoms with Crippen LogP contribution in [-0.2, 0) is 6.54 Å². The fourth-order valence-electron chi connectivity index (χ4n) is 1.82. The van der Waals surface area contributed by atoms with Crippen molar-refractivity contribution in [3.05, 3.63) is 40.5 Å². The lowest BCUT2D eigenvalue weighted by Gasteiger charge is -2.04. The lowest BCUT2D eigenvalue weighted by Crippen LogP contribution is -2.22. The highest BCUT2D eigenvalue weighted by Crippen LogP contribution is 2.30. The standard InChI is InChI=1S/C14H15FN4OS/c15-9-3-1-8(2-4-9)7-17-13(20)11-12(16)19-14(21-11)18-10-5-6-10/h1-4,10H,5-7,16H2,(H,17,20)(H,18,19). The second kappa shape index (κ2) is 5.69. The Hall–Kier alpha value is -2.15. The number of nitrogens with zero attached hydrogens (tertiary/aromatic N) is 1. The quantitative estimate of drug-likeness (QED) is 0.792. The first-order chi connectivity index (χ1) is 10.1. The van der Waals surface area contributed by atoms with Gasteiger partial charge in [-0.3, -0.25) is 4.79 Å². The molecule has 2 aromatic rings. The predicted octanol–water partition coefficient (Wildman–Crippen LogP) is 2.37. The first kappa shape index (κ1) is 13.8. The normalized spacial score (nSPS) is 14.0. The molecule has 1 heterocycles. The van der Waals surface area contributed by atoms with Crippen molar-refractivity contribution in [2.75, 3.05) is 11.1 Å². The summed E-state index contributed by atoms with van der Waals surface area (Å²) in [6.07, 6.45) is 2.26. The van der Waals surface area contributed by atoms with Gasteiger partial charge in [-0.2, -0.15) is 0 Å². The molecule has 7 heteroatoms. The van der Waals surface area contributed by atoms with Crippen LogP contribution in [0.5, 0.6) is 0 Å². The molecule has 1 fully saturated rings. The molecule has 110 valence electrons. The summed E-state index contributed by atoms with van der Waals surface area (Å²) in [7, 11) is 0. The molecule has 0 bridgehead atoms. The van der Waals surface area contributed by atoms with Crippen LogP contribution in [0.25, 0.3) is 0 Å². The number of aromatic nitrogens is 1. The molecule has 1 aliphatic carbocycles. The molecule has 0 aliphatic heterocycles. The number of carbonyl (C=O) groups excluding carboxylic acids is 1. The van der Waals surface area contributed by atoms with Gasteiger partial charge in [-0.15, -0.1) is 0 Å². The summed E-state index contributed by atoms with van der Waals surface area (Å²) < 4.78 is 12.8. The molecule has 1 aliphatic rings. The smallest absolute Gasteiger partial charge is 0.265 e. The van der Waals surface area contributed by atoms with E-state index in [-0.39, 0.29) is 17.5 Å². The van der Waals surface area contributed by atoms with E-state index in [0.717, 1.165) is 18.4 Å². The number of nitrogens with one attached hydrogen (secondary N) is 2. The third-order valence-corrected chi connectivity index (χ3v) is 4.13. The SMILES string of the molecule is Nc1nc(NC2CC2)sc1C(=O)NCc1ccc(F)cc1. The maximum atomic E-state index is 12.8. The average molecular weight is 306 g/mol. The Morgan fingerprint density at radius 3 is 2.76 bits per heavy atom. The first-order valence-electron chi connectivity index (χ1n) is 6.67. The summed E-state index contributed by atoms with van der Waals surface area (Å²) in [5, 5.41) is 6.66. The fourth-order valence-corrected chi connectivity index (χ4v) is 2.70. The van der Waals surface area contributed by atoms with E-state index in [1.54, 1.807) is 12.1 Å². The summed E-state index contributed by atoms with van der Waals surface area (Å²) in [6, 6.07) is 6.45. The van der Waals surface area contributed by atoms with Crippen LogP contribution in [0, 0.1) is 5.82 Å². The molecule has 0 saturated heterocycles. The number of amides is 1. The minimum atomic E-state index is -0.299. The van der Waals surface area contributed by atoms with Crippen molar-refractivity contribution in [3.8, 4) is 0 Å². The largest absolute Gasteiger partial charge is 0.382 e. The van der Waals surface area contributed by atoms with E-state index in [2.05, 4.69) is 15.6 Å². The number of benzene rings is 1. The van der Waals surface area contributed by atoms with Gasteiger partial charge in [0.25, 0.3) is 5.91 Å². The summed E-state index contributed by atoms with van der Waals surface area (Å²) >= 11 is 1.25. The van der Waals surface area contributed by atoms with Crippen molar-refractivity contribution < 1.29 is 9.18 Å². The Kier molecular flexibility index (Phi) is 3.74. The van der Waals surface area contributed by atoms with Gasteiger partial charge >= 0.3 is 0 Å². The van der Waals surface area contributed by atoms with Crippen LogP contribution in [0.2, 0.25) is 0 Å². The lowest BCUT2D eigenvalue weighted by atomic mass is 10.2. The summed E-state index contributed by atoms with van der Waals surface area (Å²) in [6.45, 7) is 0.321. The summed E-state index contributed by atoms with van der Waals surface area (Å²) in [5.41, 5.74) is 6.60. The van der Waals surface area contributed by atoms with Gasteiger partial charge in [0.1, 0.15) is 16.5 Å². The average Bonchev–Trinajstić information content (AvgIpc) is 3.19. The van der Waals surface area contributed by atoms with Crippen LogP contribution >= 0.6 is 11.3 Å². The molecule has 0 atom stereocenters. The molecule has 21 heavy (non-hydrogen) atoms. The number of nitrogens with two attached hydrogens (primary N) is 1. The Labute approximate surface area is 125 Å². The van der Waals surface area contributed by atoms with Crippen LogP contribution in [0.3, 0.4) is 0 Å². The monoisotopic (exact) mass is 306 g/mol. The lowest BCUT2D eigenvalue weighted by molar-refractivity contribution is 0.0955. The second-order valence-electron chi connectivity index (χ2n) is 4.96. The minimum Gasteiger partial charge on any atom is -0.382 e. The molecule has 3 rings (SSSR count). The number of hydrogen-bond donors (Lipinski definition) is 3. The Morgan fingerprint density at radius 2 is 2.10 bits per heavy atom. The van der Waals surface area contributed by atoms with Crippen LogP contribution in [0.4, 0.5) is 15.3 Å². The van der Waals surface area contributed by atoms with Gasteiger partial charge in [0.15, 0.2) is 5.13 Å². The maximum absolute atomic E-state index is 12.8. The molecule has 1 saturated carbocycles. The highest BCUT2D eigenvalue weighted by atomic mass is 32.1. The van der Waals surface area contributed by atoms with Crippen molar-refractivity contribution >= 4 is 28.2 Å². The molecular weight excluding hydrogens is 291 g/mol. The molecule has 1 amide bonds. The minimum absolute atomic E-state index is 0.236. The van der Waals surface area contributed by atoms with E-state index in [1.165, 1.54) is 23.5 Å². The van der Waals surface area contributed by atoms with Gasteiger partial charge in [-0.1, -0.05) is 23.5 Å². The molecule has 0 spiro atoms. The number of thiazole rings is 1. The maximum Gasteiger partial charge on any atom is 0.265 e. The van der Waals surface area contributed by atoms with Crippen molar-refractivity contribution in [2.45, 2.75) is 25.4 Å². The topological polar surface area (TPSA) is 80.0 Å². The first-order valence-corrected chi connectivity index (χ1v) is 7.49. The van der Waals surface area contributed by atoms with Crippen molar-refractivity contribution in [3.63, 3.8) is 0 Å². The van der Waals surface area contributed by atoms with Gasteiger partial charge in [0.05, 0.1) is 0 Å². The zero-order valence-corrected chi connectivity index (χ0v) is 12.0. The fraction of sp³-hybridized carbons (Fsp3) is 0.286. The second-order valence-corrected chi connectivity index (χ2v) is 5.96. The number of hydrogen-bond acceptors (Lipinski definition) is 5. The van der Waals surface area contributed by atoms with E-state index in [1.807, 2.05) is 0 Å². The summed E-state index contributed by atoms with van der Waals surface area (Å²) in [4.78, 5) is 16.7. The van der Waals surface area contributed by atoms with E-state index >= 15 is 0 Å². The van der Waals surface area contributed by atoms with E-state index in [9.17, 15) is 9.18 Å². The Morgan fingerprint density at radius 1 is 1.38 bits per heavy atom. The van der Waals surface area contributed by atoms with Crippen molar-refractivity contribution in [1.29, 1.82) is 0 Å². The van der Waals surface area contributed by atoms with E-state index in [0.29, 0.717) is 22.6 Å². The number of nitrogen functional groups attached to an aromatic ring is 1. The van der Waals surface area contributed by atoms with Gasteiger partial charge in [-0.05, 0) is 30.5 Å². The summed E-state index contributed by atoms with van der Waals surface area (Å²) in [5.74, 6) is -0.328. The van der Waals surface area contributed by atoms with Gasteiger partial charge in [-0.25, -0.2) is 9.37 Å². The van der Waals surface area contributed by atoms with Gasteiger partial charge < -0.3 is 16.4 Å². The van der Waals surface area contributed by atoms with Gasteiger partial charge in [0.2, 0.25) is 0 Å². The van der Waals surface area contributed by atoms with Crippen molar-refractivity contribution in [2.24, 2.45) is 0 Å². The van der Waals surface area contributed by atoms with E-state index < -0.39 is 0 Å². The number of rotatable bonds is 5. The highest BCUT2D eigenvalue weighted by molar-refractivity contribution is 7.18. The third kappa shape index (κ3) is 3.49. The van der Waals surface area contributed by atoms with Crippen LogP contribution in [-0.4, -0.2) is 16.9 Å². The number of anilines is 2. The molecule has 0 radical (unpaired) electrons. The third-order valence-electron chi connectivity index (χ3n) is 3.13. The van der Waals surface area contributed by atoms with Crippen LogP contribution < -0.4 is 16.4 Å². The Balaban J connectivity index is 1.61. The highest BCUT2D eigenvalue weighted by Gasteiger charge is 2.24. The molecule has 5 nitrogen and oxygen atoms in total. The molecule has 0 unspecified atom stereocenters. The van der Waals surface area contributed by atoms with Crippen LogP contribution in [0.1, 0.15) is 28.1 Å². The zero-order valence-electron chi connectivity index (χ0n) is 11.2. The van der Waals surface area contributed by atoms with E-state index in [4.69, 9.17) is 5.73 Å². The molecule has 4 N–H and O–H groups in total. The number of carbonyl (C=O) groups is 1. The number of halogens is 1. The van der Waals surface area contributed by atoms with Crippen molar-refractivity contribution in [1.82, 2.24) is 10.3 Å².